The Bertz CT molecular complexity index is 360. The predicted molar refractivity (Wildman–Crippen MR) is 42.7 cm³/mol. The number of H-pyrrole nitrogens is 1. The van der Waals surface area contributed by atoms with Gasteiger partial charge in [0, 0.05) is 6.20 Å². The Hall–Kier alpha value is -1.23. The molecule has 0 radical (unpaired) electrons. The van der Waals surface area contributed by atoms with Gasteiger partial charge in [0.2, 0.25) is 0 Å². The molecule has 0 aliphatic heterocycles. The topological polar surface area (TPSA) is 53.1 Å². The van der Waals surface area contributed by atoms with Crippen LogP contribution in [0.25, 0.3) is 0 Å². The average Bonchev–Trinajstić information content (AvgIpc) is 2.07. The monoisotopic (exact) mass is 189 g/mol. The fourth-order valence-electron chi connectivity index (χ4n) is 1.13. The Kier molecular flexibility index (Phi) is 2.77. The van der Waals surface area contributed by atoms with Crippen LogP contribution in [0.3, 0.4) is 0 Å². The number of aromatic nitrogens is 1. The van der Waals surface area contributed by atoms with E-state index >= 15 is 0 Å². The lowest BCUT2D eigenvalue weighted by Crippen LogP contribution is -2.17. The van der Waals surface area contributed by atoms with Gasteiger partial charge in [-0.05, 0) is 18.1 Å². The molecule has 1 aromatic heterocycles. The van der Waals surface area contributed by atoms with Crippen LogP contribution >= 0.6 is 0 Å². The molecular weight excluding hydrogens is 180 g/mol. The van der Waals surface area contributed by atoms with Crippen molar-refractivity contribution in [2.24, 2.45) is 0 Å². The van der Waals surface area contributed by atoms with E-state index < -0.39 is 24.2 Å². The fraction of sp³-hybridized carbons (Fsp3) is 0.375. The zero-order valence-electron chi connectivity index (χ0n) is 6.97. The summed E-state index contributed by atoms with van der Waals surface area (Å²) in [5, 5.41) is 8.79. The van der Waals surface area contributed by atoms with Gasteiger partial charge in [0.1, 0.15) is 0 Å². The van der Waals surface area contributed by atoms with E-state index in [1.165, 1.54) is 6.20 Å². The Balaban J connectivity index is 3.44. The molecule has 0 aromatic carbocycles. The van der Waals surface area contributed by atoms with Gasteiger partial charge in [-0.2, -0.15) is 0 Å². The van der Waals surface area contributed by atoms with Crippen molar-refractivity contribution in [3.05, 3.63) is 33.2 Å². The van der Waals surface area contributed by atoms with Gasteiger partial charge in [0.05, 0.1) is 12.2 Å². The van der Waals surface area contributed by atoms with Crippen molar-refractivity contribution >= 4 is 0 Å². The van der Waals surface area contributed by atoms with Gasteiger partial charge < -0.3 is 10.1 Å². The Labute approximate surface area is 73.0 Å². The van der Waals surface area contributed by atoms with Crippen molar-refractivity contribution in [2.45, 2.75) is 20.0 Å². The number of rotatable bonds is 2. The number of aryl methyl sites for hydroxylation is 1. The summed E-state index contributed by atoms with van der Waals surface area (Å²) in [7, 11) is 0. The molecule has 0 aliphatic rings. The number of aliphatic hydroxyl groups excluding tert-OH is 1. The van der Waals surface area contributed by atoms with Crippen molar-refractivity contribution < 1.29 is 13.9 Å². The van der Waals surface area contributed by atoms with Crippen LogP contribution in [0.15, 0.2) is 11.0 Å². The molecule has 1 heterocycles. The molecule has 0 spiro atoms. The van der Waals surface area contributed by atoms with Crippen LogP contribution in [0.4, 0.5) is 8.78 Å². The number of aromatic amines is 1. The molecule has 0 fully saturated rings. The standard InChI is InChI=1S/C8H9F2NO2/c1-4-2-11-8(13)6(7(9)10)5(4)3-12/h2,7,12H,3H2,1H3,(H,11,13). The first-order valence-corrected chi connectivity index (χ1v) is 3.68. The summed E-state index contributed by atoms with van der Waals surface area (Å²) in [6, 6.07) is 0. The molecule has 1 aromatic rings. The molecule has 0 atom stereocenters. The number of hydrogen-bond acceptors (Lipinski definition) is 2. The highest BCUT2D eigenvalue weighted by Gasteiger charge is 2.18. The first kappa shape index (κ1) is 9.85. The van der Waals surface area contributed by atoms with E-state index in [0.717, 1.165) is 0 Å². The number of alkyl halides is 2. The zero-order valence-corrected chi connectivity index (χ0v) is 6.97. The summed E-state index contributed by atoms with van der Waals surface area (Å²) >= 11 is 0. The van der Waals surface area contributed by atoms with Gasteiger partial charge >= 0.3 is 0 Å². The van der Waals surface area contributed by atoms with Crippen molar-refractivity contribution in [3.63, 3.8) is 0 Å². The summed E-state index contributed by atoms with van der Waals surface area (Å²) in [5.74, 6) is 0. The normalized spacial score (nSPS) is 10.8. The van der Waals surface area contributed by atoms with Crippen molar-refractivity contribution in [1.29, 1.82) is 0 Å². The van der Waals surface area contributed by atoms with Crippen LogP contribution in [0.2, 0.25) is 0 Å². The molecule has 13 heavy (non-hydrogen) atoms. The molecular formula is C8H9F2NO2. The smallest absolute Gasteiger partial charge is 0.269 e. The van der Waals surface area contributed by atoms with Crippen LogP contribution in [-0.4, -0.2) is 10.1 Å². The molecule has 2 N–H and O–H groups in total. The van der Waals surface area contributed by atoms with E-state index in [2.05, 4.69) is 4.98 Å². The highest BCUT2D eigenvalue weighted by Crippen LogP contribution is 2.20. The third-order valence-corrected chi connectivity index (χ3v) is 1.84. The lowest BCUT2D eigenvalue weighted by molar-refractivity contribution is 0.145. The minimum absolute atomic E-state index is 0.0127. The maximum atomic E-state index is 12.3. The average molecular weight is 189 g/mol. The van der Waals surface area contributed by atoms with Gasteiger partial charge in [-0.25, -0.2) is 8.78 Å². The van der Waals surface area contributed by atoms with Gasteiger partial charge in [0.25, 0.3) is 12.0 Å². The van der Waals surface area contributed by atoms with Gasteiger partial charge in [0.15, 0.2) is 0 Å². The van der Waals surface area contributed by atoms with E-state index in [0.29, 0.717) is 5.56 Å². The first-order chi connectivity index (χ1) is 6.07. The van der Waals surface area contributed by atoms with Crippen molar-refractivity contribution in [2.75, 3.05) is 0 Å². The van der Waals surface area contributed by atoms with E-state index in [9.17, 15) is 13.6 Å². The van der Waals surface area contributed by atoms with E-state index in [1.807, 2.05) is 0 Å². The van der Waals surface area contributed by atoms with Crippen LogP contribution in [0.1, 0.15) is 23.1 Å². The summed E-state index contributed by atoms with van der Waals surface area (Å²) in [6.07, 6.45) is -1.55. The molecule has 0 saturated heterocycles. The van der Waals surface area contributed by atoms with E-state index in [4.69, 9.17) is 5.11 Å². The molecule has 1 rings (SSSR count). The number of aliphatic hydroxyl groups is 1. The quantitative estimate of drug-likeness (QED) is 0.732. The largest absolute Gasteiger partial charge is 0.392 e. The minimum atomic E-state index is -2.86. The summed E-state index contributed by atoms with van der Waals surface area (Å²) in [4.78, 5) is 13.1. The minimum Gasteiger partial charge on any atom is -0.392 e. The van der Waals surface area contributed by atoms with Crippen LogP contribution in [-0.2, 0) is 6.61 Å². The van der Waals surface area contributed by atoms with Crippen LogP contribution < -0.4 is 5.56 Å². The Morgan fingerprint density at radius 1 is 1.62 bits per heavy atom. The van der Waals surface area contributed by atoms with Gasteiger partial charge in [-0.1, -0.05) is 0 Å². The number of hydrogen-bond donors (Lipinski definition) is 2. The highest BCUT2D eigenvalue weighted by molar-refractivity contribution is 5.31. The van der Waals surface area contributed by atoms with Crippen molar-refractivity contribution in [1.82, 2.24) is 4.98 Å². The predicted octanol–water partition coefficient (Wildman–Crippen LogP) is 1.11. The third-order valence-electron chi connectivity index (χ3n) is 1.84. The molecule has 0 amide bonds. The molecule has 0 aliphatic carbocycles. The second-order valence-corrected chi connectivity index (χ2v) is 2.65. The summed E-state index contributed by atoms with van der Waals surface area (Å²) in [5.41, 5.74) is -1.01. The lowest BCUT2D eigenvalue weighted by Gasteiger charge is -2.07. The molecule has 0 bridgehead atoms. The SMILES string of the molecule is Cc1c[nH]c(=O)c(C(F)F)c1CO. The van der Waals surface area contributed by atoms with E-state index in [1.54, 1.807) is 6.92 Å². The number of nitrogens with one attached hydrogen (secondary N) is 1. The second kappa shape index (κ2) is 3.66. The Morgan fingerprint density at radius 2 is 2.23 bits per heavy atom. The fourth-order valence-corrected chi connectivity index (χ4v) is 1.13. The maximum Gasteiger partial charge on any atom is 0.269 e. The summed E-state index contributed by atoms with van der Waals surface area (Å²) < 4.78 is 24.6. The summed E-state index contributed by atoms with van der Waals surface area (Å²) in [6.45, 7) is 1.00. The zero-order chi connectivity index (χ0) is 10.0. The highest BCUT2D eigenvalue weighted by atomic mass is 19.3. The molecule has 5 heteroatoms. The van der Waals surface area contributed by atoms with Gasteiger partial charge in [-0.3, -0.25) is 4.79 Å². The molecule has 72 valence electrons. The second-order valence-electron chi connectivity index (χ2n) is 2.65. The van der Waals surface area contributed by atoms with E-state index in [-0.39, 0.29) is 5.56 Å². The number of pyridine rings is 1. The van der Waals surface area contributed by atoms with Crippen LogP contribution in [0.5, 0.6) is 0 Å². The molecule has 0 saturated carbocycles. The van der Waals surface area contributed by atoms with Gasteiger partial charge in [-0.15, -0.1) is 0 Å². The lowest BCUT2D eigenvalue weighted by atomic mass is 10.1. The molecule has 0 unspecified atom stereocenters. The first-order valence-electron chi connectivity index (χ1n) is 3.68. The molecule has 3 nitrogen and oxygen atoms in total. The Morgan fingerprint density at radius 3 is 2.62 bits per heavy atom. The third kappa shape index (κ3) is 1.75. The maximum absolute atomic E-state index is 12.3. The van der Waals surface area contributed by atoms with Crippen molar-refractivity contribution in [3.8, 4) is 0 Å². The van der Waals surface area contributed by atoms with Crippen LogP contribution in [0, 0.1) is 6.92 Å². The number of halogens is 2.